The van der Waals surface area contributed by atoms with Gasteiger partial charge >= 0.3 is 6.09 Å². The van der Waals surface area contributed by atoms with Gasteiger partial charge in [-0.2, -0.15) is 0 Å². The largest absolute Gasteiger partial charge is 0.465 e. The number of nitrogens with zero attached hydrogens (tertiary/aromatic N) is 4. The molecule has 1 amide bonds. The van der Waals surface area contributed by atoms with Crippen LogP contribution in [0.4, 0.5) is 16.4 Å². The zero-order chi connectivity index (χ0) is 25.4. The summed E-state index contributed by atoms with van der Waals surface area (Å²) in [6, 6.07) is 1.77. The number of hydrogen-bond acceptors (Lipinski definition) is 8. The van der Waals surface area contributed by atoms with Crippen molar-refractivity contribution in [2.24, 2.45) is 11.3 Å². The summed E-state index contributed by atoms with van der Waals surface area (Å²) in [7, 11) is 0. The first-order valence-corrected chi connectivity index (χ1v) is 13.0. The van der Waals surface area contributed by atoms with Gasteiger partial charge in [-0.05, 0) is 52.0 Å². The van der Waals surface area contributed by atoms with Crippen LogP contribution in [0.5, 0.6) is 0 Å². The van der Waals surface area contributed by atoms with Crippen molar-refractivity contribution in [3.05, 3.63) is 28.6 Å². The van der Waals surface area contributed by atoms with Gasteiger partial charge in [0.1, 0.15) is 10.8 Å². The summed E-state index contributed by atoms with van der Waals surface area (Å²) in [6.45, 7) is 8.17. The quantitative estimate of drug-likeness (QED) is 0.465. The number of nitrogens with one attached hydrogen (secondary N) is 1. The summed E-state index contributed by atoms with van der Waals surface area (Å²) < 4.78 is 6.09. The number of amides is 1. The number of aromatic nitrogens is 3. The van der Waals surface area contributed by atoms with Crippen LogP contribution in [-0.2, 0) is 4.74 Å². The molecule has 35 heavy (non-hydrogen) atoms. The van der Waals surface area contributed by atoms with Crippen LogP contribution in [0, 0.1) is 11.3 Å². The molecule has 4 N–H and O–H groups in total. The van der Waals surface area contributed by atoms with Crippen LogP contribution in [0.3, 0.4) is 0 Å². The first kappa shape index (κ1) is 26.1. The zero-order valence-electron chi connectivity index (χ0n) is 19.9. The molecule has 0 radical (unpaired) electrons. The van der Waals surface area contributed by atoms with Crippen LogP contribution in [-0.4, -0.2) is 57.5 Å². The number of nitrogens with two attached hydrogens (primary N) is 1. The number of ether oxygens (including phenoxy) is 1. The lowest BCUT2D eigenvalue weighted by molar-refractivity contribution is 0.0944. The van der Waals surface area contributed by atoms with E-state index >= 15 is 0 Å². The lowest BCUT2D eigenvalue weighted by Gasteiger charge is -2.45. The van der Waals surface area contributed by atoms with Gasteiger partial charge in [0.15, 0.2) is 11.0 Å². The van der Waals surface area contributed by atoms with Crippen LogP contribution >= 0.6 is 35.0 Å². The topological polar surface area (TPSA) is 126 Å². The molecule has 0 aliphatic carbocycles. The van der Waals surface area contributed by atoms with Gasteiger partial charge in [-0.3, -0.25) is 0 Å². The summed E-state index contributed by atoms with van der Waals surface area (Å²) in [6.07, 6.45) is 4.88. The third-order valence-corrected chi connectivity index (χ3v) is 8.74. The van der Waals surface area contributed by atoms with Crippen molar-refractivity contribution in [2.75, 3.05) is 30.3 Å². The molecule has 0 aromatic carbocycles. The number of hydrogen-bond donors (Lipinski definition) is 3. The maximum absolute atomic E-state index is 11.2. The Bertz CT molecular complexity index is 1100. The van der Waals surface area contributed by atoms with Crippen molar-refractivity contribution in [1.82, 2.24) is 20.3 Å². The Morgan fingerprint density at radius 2 is 2.09 bits per heavy atom. The van der Waals surface area contributed by atoms with Crippen LogP contribution in [0.15, 0.2) is 28.4 Å². The molecule has 4 heterocycles. The van der Waals surface area contributed by atoms with Crippen LogP contribution in [0.25, 0.3) is 0 Å². The number of carboxylic acid groups (broad SMARTS) is 1. The minimum atomic E-state index is -1.00. The lowest BCUT2D eigenvalue weighted by atomic mass is 9.65. The number of piperidine rings is 1. The van der Waals surface area contributed by atoms with Gasteiger partial charge in [0.05, 0.1) is 23.9 Å². The number of carbonyl (C=O) groups is 1. The lowest BCUT2D eigenvalue weighted by Crippen LogP contribution is -2.50. The fraction of sp³-hybridized carbons (Fsp3) is 0.565. The van der Waals surface area contributed by atoms with Crippen molar-refractivity contribution in [2.45, 2.75) is 61.6 Å². The van der Waals surface area contributed by atoms with Gasteiger partial charge < -0.3 is 25.8 Å². The van der Waals surface area contributed by atoms with Crippen LogP contribution < -0.4 is 16.0 Å². The third-order valence-electron chi connectivity index (χ3n) is 7.01. The second-order valence-corrected chi connectivity index (χ2v) is 11.7. The van der Waals surface area contributed by atoms with Gasteiger partial charge in [-0.1, -0.05) is 35.0 Å². The standard InChI is InChI=1S/C23H30Cl2N6O3S/c1-13-14(10-22(2,3)30-21(32)33)23(12-34-13)5-8-31(9-6-23)20-18(25)29-16(11-28-20)35-15-4-7-27-19(26)17(15)24/h4,7,11,13-14,30H,5-6,8-10,12H2,1-3H3,(H2,26,27)(H,32,33)/t13-,14+/m0/s1. The fourth-order valence-electron chi connectivity index (χ4n) is 5.21. The Morgan fingerprint density at radius 1 is 1.37 bits per heavy atom. The fourth-order valence-corrected chi connectivity index (χ4v) is 6.54. The van der Waals surface area contributed by atoms with Crippen molar-refractivity contribution in [1.29, 1.82) is 0 Å². The van der Waals surface area contributed by atoms with Gasteiger partial charge in [-0.25, -0.2) is 19.7 Å². The van der Waals surface area contributed by atoms with Gasteiger partial charge in [0, 0.05) is 35.1 Å². The molecule has 2 aromatic rings. The summed E-state index contributed by atoms with van der Waals surface area (Å²) in [5.41, 5.74) is 5.25. The highest BCUT2D eigenvalue weighted by atomic mass is 35.5. The Kier molecular flexibility index (Phi) is 7.57. The highest BCUT2D eigenvalue weighted by Gasteiger charge is 2.51. The Labute approximate surface area is 219 Å². The zero-order valence-corrected chi connectivity index (χ0v) is 22.3. The van der Waals surface area contributed by atoms with Gasteiger partial charge in [0.25, 0.3) is 0 Å². The summed E-state index contributed by atoms with van der Waals surface area (Å²) in [5.74, 6) is 1.17. The smallest absolute Gasteiger partial charge is 0.405 e. The van der Waals surface area contributed by atoms with E-state index in [4.69, 9.17) is 33.7 Å². The molecule has 0 saturated carbocycles. The minimum Gasteiger partial charge on any atom is -0.465 e. The minimum absolute atomic E-state index is 0.00108. The van der Waals surface area contributed by atoms with E-state index in [0.717, 1.165) is 37.2 Å². The molecule has 2 aromatic heterocycles. The molecule has 2 atom stereocenters. The average Bonchev–Trinajstić information content (AvgIpc) is 3.06. The van der Waals surface area contributed by atoms with E-state index in [1.165, 1.54) is 11.8 Å². The maximum atomic E-state index is 11.2. The second kappa shape index (κ2) is 10.2. The Balaban J connectivity index is 1.44. The summed E-state index contributed by atoms with van der Waals surface area (Å²) in [4.78, 5) is 27.2. The highest BCUT2D eigenvalue weighted by molar-refractivity contribution is 7.99. The summed E-state index contributed by atoms with van der Waals surface area (Å²) in [5, 5.41) is 13.2. The van der Waals surface area contributed by atoms with E-state index in [2.05, 4.69) is 32.1 Å². The van der Waals surface area contributed by atoms with Crippen molar-refractivity contribution < 1.29 is 14.6 Å². The molecule has 9 nitrogen and oxygen atoms in total. The normalized spacial score (nSPS) is 21.9. The van der Waals surface area contributed by atoms with Crippen LogP contribution in [0.2, 0.25) is 10.2 Å². The molecule has 2 aliphatic rings. The molecule has 2 aliphatic heterocycles. The average molecular weight is 542 g/mol. The van der Waals surface area contributed by atoms with Crippen molar-refractivity contribution >= 4 is 52.7 Å². The number of halogens is 2. The van der Waals surface area contributed by atoms with Crippen molar-refractivity contribution in [3.8, 4) is 0 Å². The first-order valence-electron chi connectivity index (χ1n) is 11.5. The van der Waals surface area contributed by atoms with Crippen LogP contribution in [0.1, 0.15) is 40.0 Å². The number of rotatable bonds is 6. The first-order chi connectivity index (χ1) is 16.5. The Morgan fingerprint density at radius 3 is 2.74 bits per heavy atom. The predicted molar refractivity (Wildman–Crippen MR) is 137 cm³/mol. The SMILES string of the molecule is C[C@@H]1OCC2(CCN(c3ncc(Sc4ccnc(N)c4Cl)nc3Cl)CC2)[C@@H]1CC(C)(C)NC(=O)O. The number of anilines is 2. The van der Waals surface area contributed by atoms with E-state index in [0.29, 0.717) is 27.6 Å². The second-order valence-electron chi connectivity index (χ2n) is 9.92. The molecule has 12 heteroatoms. The van der Waals surface area contributed by atoms with Crippen molar-refractivity contribution in [3.63, 3.8) is 0 Å². The molecule has 1 spiro atoms. The third kappa shape index (κ3) is 5.71. The molecule has 2 fully saturated rings. The van der Waals surface area contributed by atoms with E-state index in [9.17, 15) is 9.90 Å². The molecular weight excluding hydrogens is 511 g/mol. The molecule has 0 bridgehead atoms. The molecular formula is C23H30Cl2N6O3S. The monoisotopic (exact) mass is 540 g/mol. The molecule has 0 unspecified atom stereocenters. The van der Waals surface area contributed by atoms with E-state index in [-0.39, 0.29) is 23.3 Å². The summed E-state index contributed by atoms with van der Waals surface area (Å²) >= 11 is 14.1. The van der Waals surface area contributed by atoms with Gasteiger partial charge in [-0.15, -0.1) is 0 Å². The maximum Gasteiger partial charge on any atom is 0.405 e. The molecule has 2 saturated heterocycles. The molecule has 4 rings (SSSR count). The Hall–Kier alpha value is -2.01. The number of pyridine rings is 1. The van der Waals surface area contributed by atoms with E-state index in [1.54, 1.807) is 18.5 Å². The highest BCUT2D eigenvalue weighted by Crippen LogP contribution is 2.50. The van der Waals surface area contributed by atoms with Gasteiger partial charge in [0.2, 0.25) is 0 Å². The predicted octanol–water partition coefficient (Wildman–Crippen LogP) is 4.97. The number of nitrogen functional groups attached to an aromatic ring is 1. The van der Waals surface area contributed by atoms with E-state index < -0.39 is 11.6 Å². The van der Waals surface area contributed by atoms with E-state index in [1.807, 2.05) is 13.8 Å². The molecule has 190 valence electrons.